The van der Waals surface area contributed by atoms with Crippen LogP contribution in [0.1, 0.15) is 43.7 Å². The highest BCUT2D eigenvalue weighted by Gasteiger charge is 2.36. The molecule has 1 fully saturated rings. The fraction of sp³-hybridized carbons (Fsp3) is 0.375. The molecule has 4 aromatic rings. The molecule has 1 aliphatic heterocycles. The Hall–Kier alpha value is -2.73. The molecule has 6 rings (SSSR count). The third-order valence-electron chi connectivity index (χ3n) is 6.98. The maximum absolute atomic E-state index is 14.5. The van der Waals surface area contributed by atoms with Crippen LogP contribution in [0.3, 0.4) is 0 Å². The summed E-state index contributed by atoms with van der Waals surface area (Å²) < 4.78 is 16.2. The molecule has 2 aromatic heterocycles. The van der Waals surface area contributed by atoms with Crippen LogP contribution in [-0.4, -0.2) is 26.1 Å². The molecule has 1 saturated carbocycles. The highest BCUT2D eigenvalue weighted by atomic mass is 35.5. The zero-order valence-corrected chi connectivity index (χ0v) is 18.2. The molecule has 0 radical (unpaired) electrons. The van der Waals surface area contributed by atoms with Crippen molar-refractivity contribution in [2.75, 3.05) is 11.4 Å². The summed E-state index contributed by atoms with van der Waals surface area (Å²) in [6.45, 7) is 3.21. The van der Waals surface area contributed by atoms with Gasteiger partial charge in [-0.05, 0) is 73.3 Å². The summed E-state index contributed by atoms with van der Waals surface area (Å²) in [5.74, 6) is 0.738. The van der Waals surface area contributed by atoms with E-state index in [1.807, 2.05) is 0 Å². The summed E-state index contributed by atoms with van der Waals surface area (Å²) in [6, 6.07) is 9.67. The second kappa shape index (κ2) is 6.89. The summed E-state index contributed by atoms with van der Waals surface area (Å²) >= 11 is 6.11. The van der Waals surface area contributed by atoms with E-state index >= 15 is 0 Å². The van der Waals surface area contributed by atoms with Crippen molar-refractivity contribution >= 4 is 39.8 Å². The number of nitrogens with zero attached hydrogens (tertiary/aromatic N) is 5. The number of halogens is 2. The van der Waals surface area contributed by atoms with Crippen molar-refractivity contribution < 1.29 is 4.39 Å². The van der Waals surface area contributed by atoms with Crippen molar-refractivity contribution in [1.82, 2.24) is 19.6 Å². The monoisotopic (exact) mass is 435 g/mol. The number of fused-ring (bicyclic) bond motifs is 4. The number of hydrogen-bond donors (Lipinski definition) is 0. The SMILES string of the molecule is CC1(CCc2cccc3c2CCCN3c2nc3nncn3c3cc(Cl)c(F)cc23)CC1. The Morgan fingerprint density at radius 2 is 2.10 bits per heavy atom. The summed E-state index contributed by atoms with van der Waals surface area (Å²) in [5.41, 5.74) is 5.27. The molecule has 0 spiro atoms. The Labute approximate surface area is 184 Å². The van der Waals surface area contributed by atoms with Crippen LogP contribution in [-0.2, 0) is 12.8 Å². The average molecular weight is 436 g/mol. The molecule has 158 valence electrons. The maximum atomic E-state index is 14.5. The minimum Gasteiger partial charge on any atom is -0.325 e. The van der Waals surface area contributed by atoms with Gasteiger partial charge in [0.2, 0.25) is 0 Å². The van der Waals surface area contributed by atoms with Crippen LogP contribution in [0.5, 0.6) is 0 Å². The Bertz CT molecular complexity index is 1330. The molecule has 31 heavy (non-hydrogen) atoms. The van der Waals surface area contributed by atoms with Crippen molar-refractivity contribution in [2.24, 2.45) is 5.41 Å². The molecule has 0 N–H and O–H groups in total. The standard InChI is InChI=1S/C24H23ClFN5/c1-24(9-10-24)8-7-15-4-2-6-20-16(15)5-3-11-30(20)22-17-12-19(26)18(25)13-21(17)31-14-27-29-23(31)28-22/h2,4,6,12-14H,3,5,7-11H2,1H3. The van der Waals surface area contributed by atoms with E-state index in [-0.39, 0.29) is 5.02 Å². The van der Waals surface area contributed by atoms with E-state index in [0.29, 0.717) is 22.4 Å². The van der Waals surface area contributed by atoms with Gasteiger partial charge in [0.1, 0.15) is 18.0 Å². The molecule has 2 aliphatic rings. The normalized spacial score (nSPS) is 17.3. The lowest BCUT2D eigenvalue weighted by Crippen LogP contribution is -2.26. The molecule has 0 unspecified atom stereocenters. The van der Waals surface area contributed by atoms with E-state index in [4.69, 9.17) is 16.6 Å². The Kier molecular flexibility index (Phi) is 4.22. The second-order valence-corrected chi connectivity index (χ2v) is 9.61. The van der Waals surface area contributed by atoms with Crippen molar-refractivity contribution in [2.45, 2.75) is 45.4 Å². The Morgan fingerprint density at radius 1 is 1.23 bits per heavy atom. The predicted molar refractivity (Wildman–Crippen MR) is 121 cm³/mol. The lowest BCUT2D eigenvalue weighted by molar-refractivity contribution is 0.516. The van der Waals surface area contributed by atoms with Crippen molar-refractivity contribution in [3.63, 3.8) is 0 Å². The quantitative estimate of drug-likeness (QED) is 0.401. The fourth-order valence-corrected chi connectivity index (χ4v) is 4.96. The van der Waals surface area contributed by atoms with Crippen molar-refractivity contribution in [3.8, 4) is 0 Å². The van der Waals surface area contributed by atoms with Gasteiger partial charge in [0.15, 0.2) is 0 Å². The molecular weight excluding hydrogens is 413 g/mol. The van der Waals surface area contributed by atoms with Gasteiger partial charge in [0, 0.05) is 17.6 Å². The van der Waals surface area contributed by atoms with Crippen LogP contribution < -0.4 is 4.90 Å². The molecular formula is C24H23ClFN5. The molecule has 0 amide bonds. The van der Waals surface area contributed by atoms with Crippen LogP contribution >= 0.6 is 11.6 Å². The van der Waals surface area contributed by atoms with E-state index in [0.717, 1.165) is 37.0 Å². The van der Waals surface area contributed by atoms with Crippen LogP contribution in [0.15, 0.2) is 36.7 Å². The van der Waals surface area contributed by atoms with Gasteiger partial charge in [-0.25, -0.2) is 4.39 Å². The van der Waals surface area contributed by atoms with Gasteiger partial charge in [0.25, 0.3) is 5.78 Å². The maximum Gasteiger partial charge on any atom is 0.257 e. The lowest BCUT2D eigenvalue weighted by Gasteiger charge is -2.32. The second-order valence-electron chi connectivity index (χ2n) is 9.20. The first-order valence-electron chi connectivity index (χ1n) is 10.9. The van der Waals surface area contributed by atoms with Crippen LogP contribution in [0.2, 0.25) is 5.02 Å². The van der Waals surface area contributed by atoms with Crippen molar-refractivity contribution in [1.29, 1.82) is 0 Å². The third kappa shape index (κ3) is 3.16. The van der Waals surface area contributed by atoms with E-state index in [1.165, 1.54) is 36.5 Å². The Balaban J connectivity index is 1.50. The highest BCUT2D eigenvalue weighted by molar-refractivity contribution is 6.31. The molecule has 0 saturated heterocycles. The molecule has 2 aromatic carbocycles. The van der Waals surface area contributed by atoms with E-state index < -0.39 is 5.82 Å². The number of aryl methyl sites for hydroxylation is 1. The van der Waals surface area contributed by atoms with Gasteiger partial charge < -0.3 is 4.90 Å². The largest absolute Gasteiger partial charge is 0.325 e. The molecule has 1 aliphatic carbocycles. The average Bonchev–Trinajstić information content (AvgIpc) is 3.31. The summed E-state index contributed by atoms with van der Waals surface area (Å²) in [6.07, 6.45) is 8.70. The van der Waals surface area contributed by atoms with Crippen LogP contribution in [0.4, 0.5) is 15.9 Å². The molecule has 0 bridgehead atoms. The molecule has 5 nitrogen and oxygen atoms in total. The van der Waals surface area contributed by atoms with Crippen molar-refractivity contribution in [3.05, 3.63) is 58.6 Å². The van der Waals surface area contributed by atoms with E-state index in [1.54, 1.807) is 16.8 Å². The zero-order chi connectivity index (χ0) is 21.2. The first-order chi connectivity index (χ1) is 15.0. The minimum atomic E-state index is -0.451. The van der Waals surface area contributed by atoms with E-state index in [9.17, 15) is 4.39 Å². The molecule has 7 heteroatoms. The minimum absolute atomic E-state index is 0.0783. The fourth-order valence-electron chi connectivity index (χ4n) is 4.80. The zero-order valence-electron chi connectivity index (χ0n) is 17.4. The van der Waals surface area contributed by atoms with Gasteiger partial charge >= 0.3 is 0 Å². The molecule has 0 atom stereocenters. The number of hydrogen-bond acceptors (Lipinski definition) is 4. The lowest BCUT2D eigenvalue weighted by atomic mass is 9.91. The topological polar surface area (TPSA) is 46.3 Å². The number of benzene rings is 2. The van der Waals surface area contributed by atoms with E-state index in [2.05, 4.69) is 40.2 Å². The Morgan fingerprint density at radius 3 is 2.94 bits per heavy atom. The highest BCUT2D eigenvalue weighted by Crippen LogP contribution is 2.49. The van der Waals surface area contributed by atoms with Gasteiger partial charge in [0.05, 0.1) is 10.5 Å². The number of aromatic nitrogens is 4. The summed E-state index contributed by atoms with van der Waals surface area (Å²) in [7, 11) is 0. The van der Waals surface area contributed by atoms with Gasteiger partial charge in [-0.1, -0.05) is 30.7 Å². The number of anilines is 2. The third-order valence-corrected chi connectivity index (χ3v) is 7.27. The van der Waals surface area contributed by atoms with Gasteiger partial charge in [-0.3, -0.25) is 4.40 Å². The first-order valence-corrected chi connectivity index (χ1v) is 11.3. The summed E-state index contributed by atoms with van der Waals surface area (Å²) in [5, 5.41) is 8.93. The van der Waals surface area contributed by atoms with Gasteiger partial charge in [-0.15, -0.1) is 10.2 Å². The van der Waals surface area contributed by atoms with Crippen LogP contribution in [0, 0.1) is 11.2 Å². The summed E-state index contributed by atoms with van der Waals surface area (Å²) in [4.78, 5) is 7.00. The van der Waals surface area contributed by atoms with Crippen LogP contribution in [0.25, 0.3) is 16.7 Å². The number of rotatable bonds is 4. The van der Waals surface area contributed by atoms with Gasteiger partial charge in [-0.2, -0.15) is 4.98 Å². The predicted octanol–water partition coefficient (Wildman–Crippen LogP) is 5.89. The smallest absolute Gasteiger partial charge is 0.257 e. The first kappa shape index (κ1) is 19.0. The molecule has 3 heterocycles.